The number of rotatable bonds is 4. The first-order valence-corrected chi connectivity index (χ1v) is 7.44. The fraction of sp³-hybridized carbons (Fsp3) is 0.533. The van der Waals surface area contributed by atoms with E-state index in [1.165, 1.54) is 6.07 Å². The Morgan fingerprint density at radius 3 is 2.29 bits per heavy atom. The second-order valence-corrected chi connectivity index (χ2v) is 5.86. The molecule has 24 heavy (non-hydrogen) atoms. The van der Waals surface area contributed by atoms with Crippen LogP contribution >= 0.6 is 24.8 Å². The van der Waals surface area contributed by atoms with Gasteiger partial charge in [-0.05, 0) is 12.0 Å². The number of nitro benzene ring substituents is 1. The topological polar surface area (TPSA) is 92.7 Å². The zero-order chi connectivity index (χ0) is 16.3. The van der Waals surface area contributed by atoms with Gasteiger partial charge in [0.15, 0.2) is 0 Å². The molecule has 9 heteroatoms. The molecule has 1 fully saturated rings. The molecule has 1 heterocycles. The maximum Gasteiger partial charge on any atom is 0.271 e. The highest BCUT2D eigenvalue weighted by molar-refractivity contribution is 5.85. The van der Waals surface area contributed by atoms with Gasteiger partial charge in [-0.3, -0.25) is 14.9 Å². The van der Waals surface area contributed by atoms with Gasteiger partial charge in [-0.1, -0.05) is 19.9 Å². The van der Waals surface area contributed by atoms with E-state index in [2.05, 4.69) is 4.90 Å². The molecule has 0 saturated carbocycles. The smallest absolute Gasteiger partial charge is 0.271 e. The predicted octanol–water partition coefficient (Wildman–Crippen LogP) is 2.07. The van der Waals surface area contributed by atoms with Gasteiger partial charge in [0.25, 0.3) is 5.69 Å². The minimum atomic E-state index is -0.468. The average molecular weight is 379 g/mol. The summed E-state index contributed by atoms with van der Waals surface area (Å²) in [5, 5.41) is 10.8. The molecule has 136 valence electrons. The molecule has 2 rings (SSSR count). The molecule has 1 amide bonds. The van der Waals surface area contributed by atoms with Crippen LogP contribution < -0.4 is 10.6 Å². The Morgan fingerprint density at radius 1 is 1.21 bits per heavy atom. The zero-order valence-electron chi connectivity index (χ0n) is 13.8. The first-order valence-electron chi connectivity index (χ1n) is 7.44. The number of halogens is 2. The van der Waals surface area contributed by atoms with Crippen LogP contribution in [0.25, 0.3) is 0 Å². The number of nitro groups is 1. The molecule has 0 bridgehead atoms. The van der Waals surface area contributed by atoms with E-state index in [0.717, 1.165) is 5.69 Å². The molecule has 0 spiro atoms. The molecule has 0 radical (unpaired) electrons. The van der Waals surface area contributed by atoms with Crippen molar-refractivity contribution in [2.45, 2.75) is 19.9 Å². The normalized spacial score (nSPS) is 15.3. The molecule has 1 aliphatic rings. The number of nitrogens with zero attached hydrogens (tertiary/aromatic N) is 3. The van der Waals surface area contributed by atoms with Gasteiger partial charge in [-0.15, -0.1) is 24.8 Å². The summed E-state index contributed by atoms with van der Waals surface area (Å²) in [6, 6.07) is 6.11. The van der Waals surface area contributed by atoms with Crippen LogP contribution in [0.3, 0.4) is 0 Å². The highest BCUT2D eigenvalue weighted by atomic mass is 35.5. The Kier molecular flexibility index (Phi) is 9.03. The minimum absolute atomic E-state index is 0. The van der Waals surface area contributed by atoms with E-state index >= 15 is 0 Å². The Morgan fingerprint density at radius 2 is 1.79 bits per heavy atom. The van der Waals surface area contributed by atoms with E-state index in [4.69, 9.17) is 5.73 Å². The maximum absolute atomic E-state index is 12.2. The lowest BCUT2D eigenvalue weighted by atomic mass is 10.0. The Bertz CT molecular complexity index is 563. The monoisotopic (exact) mass is 378 g/mol. The van der Waals surface area contributed by atoms with Crippen molar-refractivity contribution in [1.82, 2.24) is 4.90 Å². The number of benzene rings is 1. The second-order valence-electron chi connectivity index (χ2n) is 5.86. The minimum Gasteiger partial charge on any atom is -0.368 e. The lowest BCUT2D eigenvalue weighted by Gasteiger charge is -2.37. The first kappa shape index (κ1) is 22.4. The second kappa shape index (κ2) is 9.66. The van der Waals surface area contributed by atoms with Crippen LogP contribution in [0.2, 0.25) is 0 Å². The summed E-state index contributed by atoms with van der Waals surface area (Å²) in [5.41, 5.74) is 6.81. The van der Waals surface area contributed by atoms with Crippen LogP contribution in [0, 0.1) is 16.0 Å². The Balaban J connectivity index is 0.00000264. The Labute approximate surface area is 154 Å². The van der Waals surface area contributed by atoms with Crippen molar-refractivity contribution >= 4 is 42.1 Å². The number of carbonyl (C=O) groups is 1. The van der Waals surface area contributed by atoms with Gasteiger partial charge in [-0.2, -0.15) is 0 Å². The third-order valence-corrected chi connectivity index (χ3v) is 4.00. The molecule has 1 aromatic carbocycles. The quantitative estimate of drug-likeness (QED) is 0.639. The molecular weight excluding hydrogens is 355 g/mol. The van der Waals surface area contributed by atoms with Crippen LogP contribution in [-0.2, 0) is 4.79 Å². The summed E-state index contributed by atoms with van der Waals surface area (Å²) in [5.74, 6) is 0.0935. The van der Waals surface area contributed by atoms with Gasteiger partial charge < -0.3 is 15.5 Å². The molecule has 7 nitrogen and oxygen atoms in total. The van der Waals surface area contributed by atoms with E-state index < -0.39 is 11.0 Å². The molecule has 1 aliphatic heterocycles. The van der Waals surface area contributed by atoms with Crippen molar-refractivity contribution in [2.24, 2.45) is 11.7 Å². The molecule has 0 unspecified atom stereocenters. The summed E-state index contributed by atoms with van der Waals surface area (Å²) in [4.78, 5) is 26.5. The predicted molar refractivity (Wildman–Crippen MR) is 99.2 cm³/mol. The third kappa shape index (κ3) is 5.22. The third-order valence-electron chi connectivity index (χ3n) is 4.00. The average Bonchev–Trinajstić information content (AvgIpc) is 2.53. The molecule has 1 atom stereocenters. The lowest BCUT2D eigenvalue weighted by molar-refractivity contribution is -0.384. The molecule has 0 aliphatic carbocycles. The van der Waals surface area contributed by atoms with E-state index in [9.17, 15) is 14.9 Å². The van der Waals surface area contributed by atoms with E-state index in [0.29, 0.717) is 26.2 Å². The van der Waals surface area contributed by atoms with Crippen molar-refractivity contribution in [3.05, 3.63) is 34.4 Å². The first-order chi connectivity index (χ1) is 10.4. The van der Waals surface area contributed by atoms with Gasteiger partial charge >= 0.3 is 0 Å². The van der Waals surface area contributed by atoms with Gasteiger partial charge in [0.2, 0.25) is 5.91 Å². The van der Waals surface area contributed by atoms with Crippen LogP contribution in [-0.4, -0.2) is 48.0 Å². The molecule has 1 aromatic rings. The van der Waals surface area contributed by atoms with Crippen LogP contribution in [0.15, 0.2) is 24.3 Å². The fourth-order valence-electron chi connectivity index (χ4n) is 2.48. The summed E-state index contributed by atoms with van der Waals surface area (Å²) >= 11 is 0. The summed E-state index contributed by atoms with van der Waals surface area (Å²) < 4.78 is 0. The van der Waals surface area contributed by atoms with Crippen molar-refractivity contribution in [3.8, 4) is 0 Å². The fourth-order valence-corrected chi connectivity index (χ4v) is 2.48. The zero-order valence-corrected chi connectivity index (χ0v) is 15.4. The van der Waals surface area contributed by atoms with Crippen LogP contribution in [0.1, 0.15) is 13.8 Å². The number of anilines is 1. The SMILES string of the molecule is CC(C)[C@H](N)C(=O)N1CCN(c2cccc([N+](=O)[O-])c2)CC1.Cl.Cl. The van der Waals surface area contributed by atoms with Gasteiger partial charge in [-0.25, -0.2) is 0 Å². The Hall–Kier alpha value is -1.57. The number of carbonyl (C=O) groups excluding carboxylic acids is 1. The van der Waals surface area contributed by atoms with Crippen LogP contribution in [0.5, 0.6) is 0 Å². The van der Waals surface area contributed by atoms with E-state index in [-0.39, 0.29) is 42.3 Å². The van der Waals surface area contributed by atoms with Crippen molar-refractivity contribution in [1.29, 1.82) is 0 Å². The number of hydrogen-bond donors (Lipinski definition) is 1. The largest absolute Gasteiger partial charge is 0.368 e. The summed E-state index contributed by atoms with van der Waals surface area (Å²) in [6.45, 7) is 6.34. The summed E-state index contributed by atoms with van der Waals surface area (Å²) in [6.07, 6.45) is 0. The van der Waals surface area contributed by atoms with Crippen molar-refractivity contribution in [3.63, 3.8) is 0 Å². The van der Waals surface area contributed by atoms with E-state index in [1.54, 1.807) is 17.0 Å². The molecule has 1 saturated heterocycles. The molecule has 0 aromatic heterocycles. The highest BCUT2D eigenvalue weighted by Gasteiger charge is 2.27. The van der Waals surface area contributed by atoms with E-state index in [1.807, 2.05) is 19.9 Å². The lowest BCUT2D eigenvalue weighted by Crippen LogP contribution is -2.54. The molecular formula is C15H24Cl2N4O3. The van der Waals surface area contributed by atoms with Gasteiger partial charge in [0.05, 0.1) is 11.0 Å². The molecule has 2 N–H and O–H groups in total. The number of amides is 1. The standard InChI is InChI=1S/C15H22N4O3.2ClH/c1-11(2)14(16)15(20)18-8-6-17(7-9-18)12-4-3-5-13(10-12)19(21)22;;/h3-5,10-11,14H,6-9,16H2,1-2H3;2*1H/t14-;;/m0../s1. The van der Waals surface area contributed by atoms with Crippen molar-refractivity contribution < 1.29 is 9.72 Å². The van der Waals surface area contributed by atoms with Crippen molar-refractivity contribution in [2.75, 3.05) is 31.1 Å². The van der Waals surface area contributed by atoms with Gasteiger partial charge in [0, 0.05) is 44.0 Å². The number of piperazine rings is 1. The highest BCUT2D eigenvalue weighted by Crippen LogP contribution is 2.22. The summed E-state index contributed by atoms with van der Waals surface area (Å²) in [7, 11) is 0. The number of hydrogen-bond acceptors (Lipinski definition) is 5. The number of non-ortho nitro benzene ring substituents is 1. The van der Waals surface area contributed by atoms with Crippen LogP contribution in [0.4, 0.5) is 11.4 Å². The van der Waals surface area contributed by atoms with Gasteiger partial charge in [0.1, 0.15) is 0 Å². The maximum atomic E-state index is 12.2. The number of nitrogens with two attached hydrogens (primary N) is 1.